The number of hydrogen-bond acceptors (Lipinski definition) is 3. The third kappa shape index (κ3) is 2.39. The minimum absolute atomic E-state index is 0.00562. The van der Waals surface area contributed by atoms with Gasteiger partial charge in [-0.2, -0.15) is 0 Å². The van der Waals surface area contributed by atoms with Crippen molar-refractivity contribution in [1.29, 1.82) is 0 Å². The summed E-state index contributed by atoms with van der Waals surface area (Å²) in [7, 11) is 0. The summed E-state index contributed by atoms with van der Waals surface area (Å²) < 4.78 is 10.7. The Hall–Kier alpha value is -1.22. The molecule has 1 aliphatic rings. The van der Waals surface area contributed by atoms with Gasteiger partial charge in [0.25, 0.3) is 0 Å². The molecule has 1 atom stereocenters. The number of rotatable bonds is 1. The molecule has 1 aliphatic heterocycles. The molecule has 0 amide bonds. The summed E-state index contributed by atoms with van der Waals surface area (Å²) in [6.07, 6.45) is -0.222. The van der Waals surface area contributed by atoms with Crippen molar-refractivity contribution >= 4 is 0 Å². The van der Waals surface area contributed by atoms with E-state index in [4.69, 9.17) is 14.6 Å². The molecule has 1 aromatic carbocycles. The summed E-state index contributed by atoms with van der Waals surface area (Å²) in [5.74, 6) is 1.46. The van der Waals surface area contributed by atoms with Crippen LogP contribution in [0.5, 0.6) is 11.5 Å². The normalized spacial score (nSPS) is 18.1. The van der Waals surface area contributed by atoms with Gasteiger partial charge in [-0.05, 0) is 12.1 Å². The largest absolute Gasteiger partial charge is 0.486 e. The molecule has 78 valence electrons. The van der Waals surface area contributed by atoms with Crippen molar-refractivity contribution in [2.75, 3.05) is 13.2 Å². The van der Waals surface area contributed by atoms with Crippen molar-refractivity contribution in [2.45, 2.75) is 20.0 Å². The second-order valence-electron chi connectivity index (χ2n) is 2.68. The predicted octanol–water partition coefficient (Wildman–Crippen LogP) is 1.84. The molecule has 1 N–H and O–H groups in total. The van der Waals surface area contributed by atoms with Gasteiger partial charge in [-0.25, -0.2) is 0 Å². The van der Waals surface area contributed by atoms with Gasteiger partial charge in [0.2, 0.25) is 0 Å². The monoisotopic (exact) mass is 196 g/mol. The van der Waals surface area contributed by atoms with Crippen LogP contribution in [-0.4, -0.2) is 24.4 Å². The maximum Gasteiger partial charge on any atom is 0.161 e. The van der Waals surface area contributed by atoms with E-state index in [0.29, 0.717) is 12.4 Å². The first kappa shape index (κ1) is 10.9. The van der Waals surface area contributed by atoms with Crippen LogP contribution in [0, 0.1) is 0 Å². The first-order valence-electron chi connectivity index (χ1n) is 4.89. The van der Waals surface area contributed by atoms with E-state index in [0.717, 1.165) is 5.75 Å². The molecule has 0 saturated carbocycles. The number of ether oxygens (including phenoxy) is 2. The van der Waals surface area contributed by atoms with E-state index in [1.165, 1.54) is 0 Å². The van der Waals surface area contributed by atoms with Gasteiger partial charge < -0.3 is 14.6 Å². The van der Waals surface area contributed by atoms with E-state index in [-0.39, 0.29) is 12.7 Å². The highest BCUT2D eigenvalue weighted by Crippen LogP contribution is 2.30. The molecular weight excluding hydrogens is 180 g/mol. The molecule has 3 nitrogen and oxygen atoms in total. The number of para-hydroxylation sites is 2. The predicted molar refractivity (Wildman–Crippen MR) is 54.8 cm³/mol. The standard InChI is InChI=1S/C9H10O3.C2H6/c10-5-7-6-11-8-3-1-2-4-9(8)12-7;1-2/h1-4,7,10H,5-6H2;1-2H3. The van der Waals surface area contributed by atoms with Crippen molar-refractivity contribution < 1.29 is 14.6 Å². The second kappa shape index (κ2) is 5.50. The number of fused-ring (bicyclic) bond motifs is 1. The highest BCUT2D eigenvalue weighted by Gasteiger charge is 2.18. The van der Waals surface area contributed by atoms with Gasteiger partial charge >= 0.3 is 0 Å². The lowest BCUT2D eigenvalue weighted by Gasteiger charge is -2.24. The van der Waals surface area contributed by atoms with E-state index in [1.54, 1.807) is 0 Å². The number of benzene rings is 1. The van der Waals surface area contributed by atoms with Gasteiger partial charge in [0, 0.05) is 0 Å². The fourth-order valence-corrected chi connectivity index (χ4v) is 1.15. The SMILES string of the molecule is CC.OCC1COc2ccccc2O1. The van der Waals surface area contributed by atoms with Crippen molar-refractivity contribution in [2.24, 2.45) is 0 Å². The van der Waals surface area contributed by atoms with Crippen LogP contribution in [0.25, 0.3) is 0 Å². The van der Waals surface area contributed by atoms with E-state index in [2.05, 4.69) is 0 Å². The Balaban J connectivity index is 0.000000461. The second-order valence-corrected chi connectivity index (χ2v) is 2.68. The van der Waals surface area contributed by atoms with Crippen molar-refractivity contribution in [3.05, 3.63) is 24.3 Å². The summed E-state index contributed by atoms with van der Waals surface area (Å²) in [4.78, 5) is 0. The number of aliphatic hydroxyl groups excluding tert-OH is 1. The maximum absolute atomic E-state index is 8.81. The molecule has 0 radical (unpaired) electrons. The maximum atomic E-state index is 8.81. The Morgan fingerprint density at radius 3 is 2.57 bits per heavy atom. The van der Waals surface area contributed by atoms with Crippen LogP contribution in [-0.2, 0) is 0 Å². The summed E-state index contributed by atoms with van der Waals surface area (Å²) in [6.45, 7) is 4.42. The highest BCUT2D eigenvalue weighted by atomic mass is 16.6. The van der Waals surface area contributed by atoms with Gasteiger partial charge in [0.15, 0.2) is 17.6 Å². The third-order valence-electron chi connectivity index (χ3n) is 1.77. The Morgan fingerprint density at radius 1 is 1.29 bits per heavy atom. The molecule has 0 spiro atoms. The molecule has 0 aromatic heterocycles. The smallest absolute Gasteiger partial charge is 0.161 e. The zero-order valence-corrected chi connectivity index (χ0v) is 8.56. The van der Waals surface area contributed by atoms with Crippen LogP contribution in [0.3, 0.4) is 0 Å². The zero-order valence-electron chi connectivity index (χ0n) is 8.56. The molecule has 2 rings (SSSR count). The van der Waals surface area contributed by atoms with Crippen molar-refractivity contribution in [3.63, 3.8) is 0 Å². The van der Waals surface area contributed by atoms with Crippen molar-refractivity contribution in [1.82, 2.24) is 0 Å². The molecule has 1 unspecified atom stereocenters. The lowest BCUT2D eigenvalue weighted by molar-refractivity contribution is 0.0456. The Labute approximate surface area is 84.3 Å². The highest BCUT2D eigenvalue weighted by molar-refractivity contribution is 5.40. The van der Waals surface area contributed by atoms with Crippen molar-refractivity contribution in [3.8, 4) is 11.5 Å². The first-order valence-corrected chi connectivity index (χ1v) is 4.89. The molecule has 1 aromatic rings. The van der Waals surface area contributed by atoms with Gasteiger partial charge in [0.1, 0.15) is 6.61 Å². The van der Waals surface area contributed by atoms with Crippen LogP contribution in [0.15, 0.2) is 24.3 Å². The fraction of sp³-hybridized carbons (Fsp3) is 0.455. The third-order valence-corrected chi connectivity index (χ3v) is 1.77. The molecule has 0 saturated heterocycles. The summed E-state index contributed by atoms with van der Waals surface area (Å²) in [5, 5.41) is 8.81. The van der Waals surface area contributed by atoms with E-state index in [1.807, 2.05) is 38.1 Å². The quantitative estimate of drug-likeness (QED) is 0.745. The van der Waals surface area contributed by atoms with E-state index in [9.17, 15) is 0 Å². The zero-order chi connectivity index (χ0) is 10.4. The topological polar surface area (TPSA) is 38.7 Å². The van der Waals surface area contributed by atoms with E-state index >= 15 is 0 Å². The molecule has 1 heterocycles. The Kier molecular flexibility index (Phi) is 4.26. The van der Waals surface area contributed by atoms with Crippen LogP contribution in [0.1, 0.15) is 13.8 Å². The summed E-state index contributed by atoms with van der Waals surface area (Å²) in [5.41, 5.74) is 0. The molecule has 14 heavy (non-hydrogen) atoms. The average Bonchev–Trinajstić information content (AvgIpc) is 2.31. The van der Waals surface area contributed by atoms with Gasteiger partial charge in [-0.3, -0.25) is 0 Å². The molecule has 0 bridgehead atoms. The minimum atomic E-state index is -0.222. The minimum Gasteiger partial charge on any atom is -0.486 e. The summed E-state index contributed by atoms with van der Waals surface area (Å²) in [6, 6.07) is 7.45. The average molecular weight is 196 g/mol. The number of hydrogen-bond donors (Lipinski definition) is 1. The molecule has 0 fully saturated rings. The van der Waals surface area contributed by atoms with Gasteiger partial charge in [0.05, 0.1) is 6.61 Å². The van der Waals surface area contributed by atoms with Crippen LogP contribution in [0.4, 0.5) is 0 Å². The van der Waals surface area contributed by atoms with Crippen LogP contribution in [0.2, 0.25) is 0 Å². The number of aliphatic hydroxyl groups is 1. The lowest BCUT2D eigenvalue weighted by Crippen LogP contribution is -2.32. The van der Waals surface area contributed by atoms with Crippen LogP contribution >= 0.6 is 0 Å². The van der Waals surface area contributed by atoms with Crippen LogP contribution < -0.4 is 9.47 Å². The molecule has 3 heteroatoms. The Morgan fingerprint density at radius 2 is 1.93 bits per heavy atom. The first-order chi connectivity index (χ1) is 6.90. The van der Waals surface area contributed by atoms with Gasteiger partial charge in [-0.15, -0.1) is 0 Å². The van der Waals surface area contributed by atoms with Gasteiger partial charge in [-0.1, -0.05) is 26.0 Å². The summed E-state index contributed by atoms with van der Waals surface area (Å²) >= 11 is 0. The van der Waals surface area contributed by atoms with E-state index < -0.39 is 0 Å². The Bertz CT molecular complexity index is 273. The fourth-order valence-electron chi connectivity index (χ4n) is 1.15. The molecular formula is C11H16O3. The lowest BCUT2D eigenvalue weighted by atomic mass is 10.3. The molecule has 0 aliphatic carbocycles.